The zero-order valence-electron chi connectivity index (χ0n) is 22.9. The van der Waals surface area contributed by atoms with Gasteiger partial charge in [0.15, 0.2) is 14.3 Å². The quantitative estimate of drug-likeness (QED) is 0.154. The summed E-state index contributed by atoms with van der Waals surface area (Å²) in [5.41, 5.74) is 0. The Bertz CT molecular complexity index is 1880. The molecule has 0 saturated heterocycles. The Labute approximate surface area is 246 Å². The van der Waals surface area contributed by atoms with Gasteiger partial charge in [-0.05, 0) is 33.7 Å². The number of hydrogen-bond donors (Lipinski definition) is 0. The van der Waals surface area contributed by atoms with Crippen molar-refractivity contribution < 1.29 is 9.13 Å². The lowest BCUT2D eigenvalue weighted by atomic mass is 10.0. The fourth-order valence-corrected chi connectivity index (χ4v) is 11.7. The maximum absolute atomic E-state index is 15.3. The van der Waals surface area contributed by atoms with Crippen molar-refractivity contribution in [2.24, 2.45) is 0 Å². The third kappa shape index (κ3) is 4.27. The molecule has 0 aliphatic heterocycles. The van der Waals surface area contributed by atoms with Crippen molar-refractivity contribution in [2.45, 2.75) is 0 Å². The van der Waals surface area contributed by atoms with Gasteiger partial charge in [0.2, 0.25) is 0 Å². The molecule has 7 aromatic rings. The monoisotopic (exact) mass is 578 g/mol. The molecule has 0 amide bonds. The van der Waals surface area contributed by atoms with E-state index in [0.29, 0.717) is 0 Å². The van der Waals surface area contributed by atoms with Crippen LogP contribution in [-0.4, -0.2) is 0 Å². The van der Waals surface area contributed by atoms with Gasteiger partial charge in [-0.1, -0.05) is 158 Å². The molecular formula is C38H28O2P2. The molecule has 7 aromatic carbocycles. The average molecular weight is 579 g/mol. The number of hydrogen-bond acceptors (Lipinski definition) is 2. The summed E-state index contributed by atoms with van der Waals surface area (Å²) in [5, 5.41) is 8.62. The molecule has 0 fully saturated rings. The lowest BCUT2D eigenvalue weighted by Gasteiger charge is -2.23. The van der Waals surface area contributed by atoms with E-state index in [9.17, 15) is 0 Å². The predicted molar refractivity (Wildman–Crippen MR) is 180 cm³/mol. The van der Waals surface area contributed by atoms with Crippen LogP contribution in [0.15, 0.2) is 170 Å². The number of benzene rings is 7. The molecule has 42 heavy (non-hydrogen) atoms. The second kappa shape index (κ2) is 10.7. The largest absolute Gasteiger partial charge is 0.309 e. The van der Waals surface area contributed by atoms with Crippen LogP contribution >= 0.6 is 14.3 Å². The van der Waals surface area contributed by atoms with E-state index in [-0.39, 0.29) is 0 Å². The van der Waals surface area contributed by atoms with E-state index in [0.717, 1.165) is 53.4 Å². The van der Waals surface area contributed by atoms with Gasteiger partial charge in [-0.2, -0.15) is 0 Å². The molecule has 202 valence electrons. The first-order chi connectivity index (χ1) is 20.6. The number of fused-ring (bicyclic) bond motifs is 2. The van der Waals surface area contributed by atoms with E-state index in [2.05, 4.69) is 24.3 Å². The van der Waals surface area contributed by atoms with Crippen LogP contribution in [0.1, 0.15) is 0 Å². The van der Waals surface area contributed by atoms with Gasteiger partial charge in [0, 0.05) is 31.8 Å². The van der Waals surface area contributed by atoms with Crippen molar-refractivity contribution in [3.05, 3.63) is 170 Å². The topological polar surface area (TPSA) is 34.1 Å². The molecule has 0 aliphatic carbocycles. The Morgan fingerprint density at radius 1 is 0.310 bits per heavy atom. The minimum atomic E-state index is -3.19. The lowest BCUT2D eigenvalue weighted by Crippen LogP contribution is -2.26. The van der Waals surface area contributed by atoms with Gasteiger partial charge in [0.05, 0.1) is 0 Å². The van der Waals surface area contributed by atoms with Crippen molar-refractivity contribution in [3.8, 4) is 0 Å². The van der Waals surface area contributed by atoms with E-state index in [1.54, 1.807) is 0 Å². The van der Waals surface area contributed by atoms with Crippen LogP contribution in [0.2, 0.25) is 0 Å². The minimum Gasteiger partial charge on any atom is -0.309 e. The van der Waals surface area contributed by atoms with Gasteiger partial charge < -0.3 is 9.13 Å². The Morgan fingerprint density at radius 2 is 0.595 bits per heavy atom. The SMILES string of the molecule is O=P(c1ccccc1)(c1ccccc1)c1cccc2cc3c(P(=O)(c4ccccc4)c4ccccc4)cccc3cc12. The van der Waals surface area contributed by atoms with Crippen LogP contribution in [0.25, 0.3) is 21.5 Å². The molecule has 0 aromatic heterocycles. The molecule has 0 bridgehead atoms. The maximum Gasteiger partial charge on any atom is 0.171 e. The van der Waals surface area contributed by atoms with Crippen LogP contribution in [0.4, 0.5) is 0 Å². The Hall–Kier alpha value is -4.48. The minimum absolute atomic E-state index is 0.801. The number of rotatable bonds is 6. The molecule has 0 unspecified atom stereocenters. The van der Waals surface area contributed by atoms with Crippen LogP contribution < -0.4 is 31.8 Å². The second-order valence-corrected chi connectivity index (χ2v) is 15.9. The summed E-state index contributed by atoms with van der Waals surface area (Å²) in [5.74, 6) is 0. The highest BCUT2D eigenvalue weighted by atomic mass is 31.2. The van der Waals surface area contributed by atoms with Crippen LogP contribution in [-0.2, 0) is 9.13 Å². The third-order valence-corrected chi connectivity index (χ3v) is 14.2. The summed E-state index contributed by atoms with van der Waals surface area (Å²) in [6.07, 6.45) is 0. The van der Waals surface area contributed by atoms with E-state index >= 15 is 9.13 Å². The van der Waals surface area contributed by atoms with Gasteiger partial charge in [0.25, 0.3) is 0 Å². The molecule has 2 nitrogen and oxygen atoms in total. The van der Waals surface area contributed by atoms with E-state index in [4.69, 9.17) is 0 Å². The molecule has 0 spiro atoms. The van der Waals surface area contributed by atoms with Crippen LogP contribution in [0.5, 0.6) is 0 Å². The normalized spacial score (nSPS) is 12.0. The van der Waals surface area contributed by atoms with E-state index < -0.39 is 14.3 Å². The van der Waals surface area contributed by atoms with Crippen molar-refractivity contribution in [1.82, 2.24) is 0 Å². The van der Waals surface area contributed by atoms with E-state index in [1.807, 2.05) is 146 Å². The molecule has 0 saturated carbocycles. The average Bonchev–Trinajstić information content (AvgIpc) is 3.07. The van der Waals surface area contributed by atoms with Crippen molar-refractivity contribution in [3.63, 3.8) is 0 Å². The highest BCUT2D eigenvalue weighted by Crippen LogP contribution is 2.47. The Balaban J connectivity index is 1.52. The molecule has 0 atom stereocenters. The molecule has 4 heteroatoms. The summed E-state index contributed by atoms with van der Waals surface area (Å²) in [6, 6.07) is 55.4. The van der Waals surface area contributed by atoms with Crippen molar-refractivity contribution in [2.75, 3.05) is 0 Å². The van der Waals surface area contributed by atoms with Crippen LogP contribution in [0, 0.1) is 0 Å². The zero-order valence-corrected chi connectivity index (χ0v) is 24.7. The summed E-state index contributed by atoms with van der Waals surface area (Å²) in [4.78, 5) is 0. The molecule has 7 rings (SSSR count). The van der Waals surface area contributed by atoms with Gasteiger partial charge in [-0.25, -0.2) is 0 Å². The first kappa shape index (κ1) is 26.4. The van der Waals surface area contributed by atoms with Gasteiger partial charge in [0.1, 0.15) is 0 Å². The maximum atomic E-state index is 15.3. The molecule has 0 N–H and O–H groups in total. The fraction of sp³-hybridized carbons (Fsp3) is 0. The van der Waals surface area contributed by atoms with Crippen molar-refractivity contribution >= 4 is 67.7 Å². The lowest BCUT2D eigenvalue weighted by molar-refractivity contribution is 0.592. The van der Waals surface area contributed by atoms with Gasteiger partial charge >= 0.3 is 0 Å². The van der Waals surface area contributed by atoms with E-state index in [1.165, 1.54) is 0 Å². The highest BCUT2D eigenvalue weighted by molar-refractivity contribution is 7.86. The summed E-state index contributed by atoms with van der Waals surface area (Å²) in [6.45, 7) is 0. The molecular weight excluding hydrogens is 550 g/mol. The Morgan fingerprint density at radius 3 is 0.881 bits per heavy atom. The zero-order chi connectivity index (χ0) is 28.6. The second-order valence-electron chi connectivity index (χ2n) is 10.4. The Kier molecular flexibility index (Phi) is 6.75. The van der Waals surface area contributed by atoms with Gasteiger partial charge in [-0.15, -0.1) is 0 Å². The first-order valence-corrected chi connectivity index (χ1v) is 17.4. The predicted octanol–water partition coefficient (Wildman–Crippen LogP) is 7.27. The summed E-state index contributed by atoms with van der Waals surface area (Å²) in [7, 11) is -6.39. The first-order valence-electron chi connectivity index (χ1n) is 14.0. The third-order valence-electron chi connectivity index (χ3n) is 7.99. The highest BCUT2D eigenvalue weighted by Gasteiger charge is 2.33. The molecule has 0 radical (unpaired) electrons. The molecule has 0 heterocycles. The summed E-state index contributed by atoms with van der Waals surface area (Å²) >= 11 is 0. The summed E-state index contributed by atoms with van der Waals surface area (Å²) < 4.78 is 30.6. The molecule has 0 aliphatic rings. The fourth-order valence-electron chi connectivity index (χ4n) is 5.97. The van der Waals surface area contributed by atoms with Gasteiger partial charge in [-0.3, -0.25) is 0 Å². The van der Waals surface area contributed by atoms with Crippen LogP contribution in [0.3, 0.4) is 0 Å². The smallest absolute Gasteiger partial charge is 0.171 e. The van der Waals surface area contributed by atoms with Crippen molar-refractivity contribution in [1.29, 1.82) is 0 Å². The standard InChI is InChI=1S/C38H28O2P2/c39-41(31-17-5-1-6-18-31,32-19-7-2-8-20-32)37-25-13-15-29-28-36-30(27-35(29)37)16-14-26-38(36)42(40,33-21-9-3-10-22-33)34-23-11-4-12-24-34/h1-28H.